The fourth-order valence-corrected chi connectivity index (χ4v) is 5.20. The van der Waals surface area contributed by atoms with E-state index < -0.39 is 6.04 Å². The van der Waals surface area contributed by atoms with Crippen molar-refractivity contribution in [3.05, 3.63) is 95.1 Å². The van der Waals surface area contributed by atoms with Crippen LogP contribution in [0.2, 0.25) is 0 Å². The lowest BCUT2D eigenvalue weighted by Gasteiger charge is -2.26. The highest BCUT2D eigenvalue weighted by molar-refractivity contribution is 7.98. The molecule has 2 aliphatic heterocycles. The quantitative estimate of drug-likeness (QED) is 0.523. The molecule has 0 radical (unpaired) electrons. The lowest BCUT2D eigenvalue weighted by atomic mass is 10.1. The molecule has 1 saturated heterocycles. The Hall–Kier alpha value is -3.58. The zero-order valence-electron chi connectivity index (χ0n) is 19.6. The Balaban J connectivity index is 1.35. The van der Waals surface area contributed by atoms with Gasteiger partial charge in [0.15, 0.2) is 0 Å². The summed E-state index contributed by atoms with van der Waals surface area (Å²) < 4.78 is 0. The molecule has 3 amide bonds. The van der Waals surface area contributed by atoms with Gasteiger partial charge >= 0.3 is 0 Å². The van der Waals surface area contributed by atoms with Gasteiger partial charge in [0.1, 0.15) is 6.04 Å². The van der Waals surface area contributed by atoms with Gasteiger partial charge in [-0.1, -0.05) is 36.4 Å². The first-order chi connectivity index (χ1) is 17.0. The van der Waals surface area contributed by atoms with Gasteiger partial charge in [-0.3, -0.25) is 14.4 Å². The summed E-state index contributed by atoms with van der Waals surface area (Å²) in [5.41, 5.74) is 3.58. The summed E-state index contributed by atoms with van der Waals surface area (Å²) >= 11 is 1.68. The van der Waals surface area contributed by atoms with E-state index in [9.17, 15) is 14.4 Å². The van der Waals surface area contributed by atoms with Crippen molar-refractivity contribution >= 4 is 35.2 Å². The van der Waals surface area contributed by atoms with Crippen molar-refractivity contribution < 1.29 is 14.4 Å². The number of nitrogens with zero attached hydrogens (tertiary/aromatic N) is 2. The summed E-state index contributed by atoms with van der Waals surface area (Å²) in [6.07, 6.45) is 3.53. The van der Waals surface area contributed by atoms with Crippen LogP contribution in [0.5, 0.6) is 0 Å². The van der Waals surface area contributed by atoms with Gasteiger partial charge in [-0.2, -0.15) is 0 Å². The fraction of sp³-hybridized carbons (Fsp3) is 0.250. The highest BCUT2D eigenvalue weighted by atomic mass is 32.2. The van der Waals surface area contributed by atoms with Crippen molar-refractivity contribution in [3.63, 3.8) is 0 Å². The second-order valence-electron chi connectivity index (χ2n) is 8.83. The zero-order valence-corrected chi connectivity index (χ0v) is 20.4. The van der Waals surface area contributed by atoms with Crippen LogP contribution in [0.3, 0.4) is 0 Å². The molecule has 1 fully saturated rings. The van der Waals surface area contributed by atoms with E-state index in [1.54, 1.807) is 33.7 Å². The third kappa shape index (κ3) is 4.68. The number of carbonyl (C=O) groups is 3. The monoisotopic (exact) mass is 485 g/mol. The zero-order chi connectivity index (χ0) is 24.4. The Labute approximate surface area is 209 Å². The summed E-state index contributed by atoms with van der Waals surface area (Å²) in [5, 5.41) is 2.98. The molecule has 178 valence electrons. The Morgan fingerprint density at radius 2 is 1.80 bits per heavy atom. The van der Waals surface area contributed by atoms with E-state index >= 15 is 0 Å². The van der Waals surface area contributed by atoms with E-state index in [-0.39, 0.29) is 17.7 Å². The number of rotatable bonds is 6. The van der Waals surface area contributed by atoms with Gasteiger partial charge in [0.25, 0.3) is 11.8 Å². The van der Waals surface area contributed by atoms with Crippen LogP contribution in [-0.2, 0) is 17.9 Å². The molecule has 3 aromatic rings. The van der Waals surface area contributed by atoms with Crippen LogP contribution in [0.25, 0.3) is 0 Å². The first-order valence-corrected chi connectivity index (χ1v) is 13.0. The maximum absolute atomic E-state index is 13.5. The van der Waals surface area contributed by atoms with E-state index in [0.29, 0.717) is 42.9 Å². The number of fused-ring (bicyclic) bond motifs is 2. The van der Waals surface area contributed by atoms with Gasteiger partial charge in [-0.25, -0.2) is 0 Å². The second kappa shape index (κ2) is 9.96. The van der Waals surface area contributed by atoms with E-state index in [0.717, 1.165) is 17.5 Å². The van der Waals surface area contributed by atoms with E-state index in [1.165, 1.54) is 4.90 Å². The maximum Gasteiger partial charge on any atom is 0.256 e. The molecule has 6 nitrogen and oxygen atoms in total. The molecule has 35 heavy (non-hydrogen) atoms. The summed E-state index contributed by atoms with van der Waals surface area (Å²) in [5.74, 6) is -0.317. The molecule has 0 saturated carbocycles. The predicted molar refractivity (Wildman–Crippen MR) is 138 cm³/mol. The van der Waals surface area contributed by atoms with Crippen LogP contribution in [0.15, 0.2) is 77.7 Å². The minimum absolute atomic E-state index is 0.0654. The van der Waals surface area contributed by atoms with Crippen LogP contribution in [0.4, 0.5) is 5.69 Å². The van der Waals surface area contributed by atoms with Gasteiger partial charge in [-0.15, -0.1) is 11.8 Å². The lowest BCUT2D eigenvalue weighted by molar-refractivity contribution is -0.122. The number of benzene rings is 3. The molecule has 7 heteroatoms. The maximum atomic E-state index is 13.5. The largest absolute Gasteiger partial charge is 0.348 e. The molecule has 0 bridgehead atoms. The van der Waals surface area contributed by atoms with E-state index in [1.807, 2.05) is 66.9 Å². The molecule has 2 heterocycles. The standard InChI is InChI=1S/C28H27N3O3S/c1-35-22-13-11-19(12-14-22)17-29-26(32)21-7-4-6-20(16-21)18-31-24-9-3-2-8-23(24)27(33)30-15-5-10-25(30)28(31)34/h2-4,6-9,11-14,16,25H,5,10,15,17-18H2,1H3,(H,29,32)/t25-/m0/s1. The molecule has 0 spiro atoms. The summed E-state index contributed by atoms with van der Waals surface area (Å²) in [6.45, 7) is 1.34. The molecule has 0 unspecified atom stereocenters. The molecule has 0 aromatic heterocycles. The topological polar surface area (TPSA) is 69.7 Å². The number of nitrogens with one attached hydrogen (secondary N) is 1. The summed E-state index contributed by atoms with van der Waals surface area (Å²) in [6, 6.07) is 22.3. The van der Waals surface area contributed by atoms with Gasteiger partial charge in [0.05, 0.1) is 17.8 Å². The molecular weight excluding hydrogens is 458 g/mol. The molecule has 5 rings (SSSR count). The van der Waals surface area contributed by atoms with Gasteiger partial charge < -0.3 is 15.1 Å². The fourth-order valence-electron chi connectivity index (χ4n) is 4.79. The van der Waals surface area contributed by atoms with Crippen LogP contribution in [-0.4, -0.2) is 41.5 Å². The number of anilines is 1. The minimum atomic E-state index is -0.432. The SMILES string of the molecule is CSc1ccc(CNC(=O)c2cccc(CN3C(=O)[C@@H]4CCCN4C(=O)c4ccccc43)c2)cc1. The normalized spacial score (nSPS) is 17.1. The minimum Gasteiger partial charge on any atom is -0.348 e. The van der Waals surface area contributed by atoms with Crippen molar-refractivity contribution in [2.45, 2.75) is 36.9 Å². The van der Waals surface area contributed by atoms with Gasteiger partial charge in [-0.05, 0) is 66.6 Å². The third-order valence-corrected chi connectivity index (χ3v) is 7.38. The average molecular weight is 486 g/mol. The molecule has 2 aliphatic rings. The van der Waals surface area contributed by atoms with E-state index in [4.69, 9.17) is 0 Å². The van der Waals surface area contributed by atoms with Crippen LogP contribution in [0.1, 0.15) is 44.7 Å². The number of hydrogen-bond donors (Lipinski definition) is 1. The highest BCUT2D eigenvalue weighted by Crippen LogP contribution is 2.33. The molecule has 3 aromatic carbocycles. The van der Waals surface area contributed by atoms with Gasteiger partial charge in [0, 0.05) is 23.5 Å². The molecule has 1 atom stereocenters. The molecular formula is C28H27N3O3S. The summed E-state index contributed by atoms with van der Waals surface area (Å²) in [4.78, 5) is 44.1. The van der Waals surface area contributed by atoms with Crippen molar-refractivity contribution in [3.8, 4) is 0 Å². The number of thioether (sulfide) groups is 1. The second-order valence-corrected chi connectivity index (χ2v) is 9.71. The van der Waals surface area contributed by atoms with Crippen LogP contribution in [0, 0.1) is 0 Å². The predicted octanol–water partition coefficient (Wildman–Crippen LogP) is 4.49. The average Bonchev–Trinajstić information content (AvgIpc) is 3.37. The summed E-state index contributed by atoms with van der Waals surface area (Å²) in [7, 11) is 0. The van der Waals surface area contributed by atoms with Crippen molar-refractivity contribution in [2.24, 2.45) is 0 Å². The Kier molecular flexibility index (Phi) is 6.59. The van der Waals surface area contributed by atoms with Crippen molar-refractivity contribution in [1.82, 2.24) is 10.2 Å². The van der Waals surface area contributed by atoms with Crippen molar-refractivity contribution in [2.75, 3.05) is 17.7 Å². The Morgan fingerprint density at radius 3 is 2.60 bits per heavy atom. The Bertz CT molecular complexity index is 1270. The van der Waals surface area contributed by atoms with E-state index in [2.05, 4.69) is 5.32 Å². The highest BCUT2D eigenvalue weighted by Gasteiger charge is 2.41. The third-order valence-electron chi connectivity index (χ3n) is 6.63. The van der Waals surface area contributed by atoms with Gasteiger partial charge in [0.2, 0.25) is 5.91 Å². The smallest absolute Gasteiger partial charge is 0.256 e. The van der Waals surface area contributed by atoms with Crippen LogP contribution >= 0.6 is 11.8 Å². The molecule has 0 aliphatic carbocycles. The lowest BCUT2D eigenvalue weighted by Crippen LogP contribution is -2.44. The number of carbonyl (C=O) groups excluding carboxylic acids is 3. The number of amides is 3. The first-order valence-electron chi connectivity index (χ1n) is 11.8. The Morgan fingerprint density at radius 1 is 1.00 bits per heavy atom. The number of para-hydroxylation sites is 1. The number of hydrogen-bond acceptors (Lipinski definition) is 4. The van der Waals surface area contributed by atoms with Crippen LogP contribution < -0.4 is 10.2 Å². The first kappa shape index (κ1) is 23.2. The van der Waals surface area contributed by atoms with Crippen molar-refractivity contribution in [1.29, 1.82) is 0 Å². The molecule has 1 N–H and O–H groups in total.